The summed E-state index contributed by atoms with van der Waals surface area (Å²) >= 11 is 4.91. The van der Waals surface area contributed by atoms with Crippen molar-refractivity contribution >= 4 is 12.2 Å². The molecule has 0 spiro atoms. The van der Waals surface area contributed by atoms with E-state index < -0.39 is 0 Å². The summed E-state index contributed by atoms with van der Waals surface area (Å²) in [5, 5.41) is 6.72. The monoisotopic (exact) mass is 286 g/mol. The first kappa shape index (κ1) is 12.9. The van der Waals surface area contributed by atoms with Crippen molar-refractivity contribution in [1.29, 1.82) is 0 Å². The first-order valence-electron chi connectivity index (χ1n) is 6.43. The lowest BCUT2D eigenvalue weighted by Gasteiger charge is -2.12. The quantitative estimate of drug-likeness (QED) is 0.723. The third-order valence-electron chi connectivity index (χ3n) is 3.17. The molecule has 1 aromatic carbocycles. The lowest BCUT2D eigenvalue weighted by atomic mass is 9.94. The van der Waals surface area contributed by atoms with Crippen molar-refractivity contribution in [2.45, 2.75) is 18.8 Å². The number of furan rings is 1. The van der Waals surface area contributed by atoms with Crippen molar-refractivity contribution in [2.75, 3.05) is 0 Å². The van der Waals surface area contributed by atoms with E-state index in [-0.39, 0.29) is 5.92 Å². The SMILES string of the molecule is S=c1[nH]nc(C[C@H](Cc2ccccc2)c2ccco2)o1. The number of nitrogens with zero attached hydrogens (tertiary/aromatic N) is 1. The Morgan fingerprint density at radius 2 is 1.95 bits per heavy atom. The first-order chi connectivity index (χ1) is 9.81. The summed E-state index contributed by atoms with van der Waals surface area (Å²) < 4.78 is 10.9. The summed E-state index contributed by atoms with van der Waals surface area (Å²) in [6.07, 6.45) is 3.20. The van der Waals surface area contributed by atoms with Gasteiger partial charge in [0.1, 0.15) is 5.76 Å². The Morgan fingerprint density at radius 1 is 1.10 bits per heavy atom. The van der Waals surface area contributed by atoms with Crippen molar-refractivity contribution in [3.8, 4) is 0 Å². The fraction of sp³-hybridized carbons (Fsp3) is 0.200. The largest absolute Gasteiger partial charge is 0.469 e. The normalized spacial score (nSPS) is 12.4. The molecule has 1 atom stereocenters. The van der Waals surface area contributed by atoms with Crippen molar-refractivity contribution in [1.82, 2.24) is 10.2 Å². The highest BCUT2D eigenvalue weighted by Gasteiger charge is 2.18. The van der Waals surface area contributed by atoms with Crippen molar-refractivity contribution in [3.63, 3.8) is 0 Å². The van der Waals surface area contributed by atoms with Gasteiger partial charge in [-0.05, 0) is 36.3 Å². The van der Waals surface area contributed by atoms with Crippen LogP contribution in [0.5, 0.6) is 0 Å². The number of aromatic nitrogens is 2. The zero-order valence-electron chi connectivity index (χ0n) is 10.8. The molecular formula is C15H14N2O2S. The second-order valence-electron chi connectivity index (χ2n) is 4.61. The molecule has 0 aliphatic carbocycles. The van der Waals surface area contributed by atoms with Crippen molar-refractivity contribution < 1.29 is 8.83 Å². The Morgan fingerprint density at radius 3 is 2.60 bits per heavy atom. The third-order valence-corrected chi connectivity index (χ3v) is 3.35. The van der Waals surface area contributed by atoms with Gasteiger partial charge in [0.05, 0.1) is 6.26 Å². The van der Waals surface area contributed by atoms with Crippen LogP contribution in [0.2, 0.25) is 0 Å². The summed E-state index contributed by atoms with van der Waals surface area (Å²) in [6, 6.07) is 14.2. The van der Waals surface area contributed by atoms with Crippen LogP contribution in [0.1, 0.15) is 23.1 Å². The molecule has 0 amide bonds. The van der Waals surface area contributed by atoms with Crippen LogP contribution in [0.4, 0.5) is 0 Å². The highest BCUT2D eigenvalue weighted by atomic mass is 32.1. The van der Waals surface area contributed by atoms with E-state index >= 15 is 0 Å². The lowest BCUT2D eigenvalue weighted by Crippen LogP contribution is -2.06. The Kier molecular flexibility index (Phi) is 3.78. The fourth-order valence-electron chi connectivity index (χ4n) is 2.25. The van der Waals surface area contributed by atoms with Gasteiger partial charge in [-0.3, -0.25) is 0 Å². The molecule has 3 aromatic rings. The Bertz CT molecular complexity index is 701. The van der Waals surface area contributed by atoms with E-state index in [4.69, 9.17) is 21.1 Å². The number of H-pyrrole nitrogens is 1. The van der Waals surface area contributed by atoms with E-state index in [1.54, 1.807) is 6.26 Å². The molecule has 0 radical (unpaired) electrons. The van der Waals surface area contributed by atoms with E-state index in [1.165, 1.54) is 5.56 Å². The van der Waals surface area contributed by atoms with Crippen LogP contribution in [0.3, 0.4) is 0 Å². The zero-order chi connectivity index (χ0) is 13.8. The molecule has 0 fully saturated rings. The van der Waals surface area contributed by atoms with E-state index in [0.717, 1.165) is 12.2 Å². The van der Waals surface area contributed by atoms with Gasteiger partial charge in [-0.15, -0.1) is 5.10 Å². The molecule has 0 unspecified atom stereocenters. The highest BCUT2D eigenvalue weighted by molar-refractivity contribution is 7.71. The predicted molar refractivity (Wildman–Crippen MR) is 77.0 cm³/mol. The summed E-state index contributed by atoms with van der Waals surface area (Å²) in [7, 11) is 0. The summed E-state index contributed by atoms with van der Waals surface area (Å²) in [4.78, 5) is 0.304. The molecule has 2 aromatic heterocycles. The van der Waals surface area contributed by atoms with E-state index in [9.17, 15) is 0 Å². The average Bonchev–Trinajstić information content (AvgIpc) is 3.11. The van der Waals surface area contributed by atoms with Gasteiger partial charge in [0.25, 0.3) is 4.84 Å². The van der Waals surface area contributed by atoms with Crippen LogP contribution in [-0.4, -0.2) is 10.2 Å². The van der Waals surface area contributed by atoms with E-state index in [1.807, 2.05) is 30.3 Å². The highest BCUT2D eigenvalue weighted by Crippen LogP contribution is 2.25. The van der Waals surface area contributed by atoms with Gasteiger partial charge in [0.2, 0.25) is 5.89 Å². The minimum Gasteiger partial charge on any atom is -0.469 e. The standard InChI is InChI=1S/C15H14N2O2S/c20-15-17-16-14(19-15)10-12(13-7-4-8-18-13)9-11-5-2-1-3-6-11/h1-8,12H,9-10H2,(H,17,20)/t12-/m0/s1. The van der Waals surface area contributed by atoms with Crippen LogP contribution in [-0.2, 0) is 12.8 Å². The van der Waals surface area contributed by atoms with Gasteiger partial charge in [-0.2, -0.15) is 0 Å². The molecule has 4 nitrogen and oxygen atoms in total. The Labute approximate surface area is 121 Å². The van der Waals surface area contributed by atoms with Gasteiger partial charge in [-0.25, -0.2) is 5.10 Å². The smallest absolute Gasteiger partial charge is 0.284 e. The predicted octanol–water partition coefficient (Wildman–Crippen LogP) is 3.89. The van der Waals surface area contributed by atoms with Gasteiger partial charge in [0, 0.05) is 12.3 Å². The fourth-order valence-corrected chi connectivity index (χ4v) is 2.40. The molecule has 0 saturated carbocycles. The van der Waals surface area contributed by atoms with E-state index in [2.05, 4.69) is 22.3 Å². The van der Waals surface area contributed by atoms with Crippen LogP contribution >= 0.6 is 12.2 Å². The summed E-state index contributed by atoms with van der Waals surface area (Å²) in [5.74, 6) is 1.71. The minimum absolute atomic E-state index is 0.175. The second kappa shape index (κ2) is 5.88. The second-order valence-corrected chi connectivity index (χ2v) is 4.98. The topological polar surface area (TPSA) is 55.0 Å². The maximum Gasteiger partial charge on any atom is 0.284 e. The molecule has 0 aliphatic rings. The minimum atomic E-state index is 0.175. The number of benzene rings is 1. The number of hydrogen-bond donors (Lipinski definition) is 1. The average molecular weight is 286 g/mol. The summed E-state index contributed by atoms with van der Waals surface area (Å²) in [5.41, 5.74) is 1.25. The molecule has 3 rings (SSSR count). The molecule has 0 bridgehead atoms. The first-order valence-corrected chi connectivity index (χ1v) is 6.84. The summed E-state index contributed by atoms with van der Waals surface area (Å²) in [6.45, 7) is 0. The van der Waals surface area contributed by atoms with Crippen molar-refractivity contribution in [2.24, 2.45) is 0 Å². The molecule has 2 heterocycles. The van der Waals surface area contributed by atoms with Gasteiger partial charge < -0.3 is 8.83 Å². The number of rotatable bonds is 5. The molecule has 20 heavy (non-hydrogen) atoms. The molecule has 1 N–H and O–H groups in total. The maximum atomic E-state index is 5.54. The third kappa shape index (κ3) is 3.05. The molecule has 102 valence electrons. The van der Waals surface area contributed by atoms with Crippen LogP contribution in [0.15, 0.2) is 57.6 Å². The van der Waals surface area contributed by atoms with Crippen LogP contribution in [0, 0.1) is 4.84 Å². The molecule has 0 aliphatic heterocycles. The lowest BCUT2D eigenvalue weighted by molar-refractivity contribution is 0.414. The van der Waals surface area contributed by atoms with Crippen LogP contribution in [0.25, 0.3) is 0 Å². The van der Waals surface area contributed by atoms with E-state index in [0.29, 0.717) is 17.1 Å². The zero-order valence-corrected chi connectivity index (χ0v) is 11.6. The molecule has 0 saturated heterocycles. The number of aromatic amines is 1. The van der Waals surface area contributed by atoms with Crippen LogP contribution < -0.4 is 0 Å². The van der Waals surface area contributed by atoms with Crippen molar-refractivity contribution in [3.05, 3.63) is 70.8 Å². The molecule has 5 heteroatoms. The number of hydrogen-bond acceptors (Lipinski definition) is 4. The van der Waals surface area contributed by atoms with Gasteiger partial charge in [0.15, 0.2) is 0 Å². The van der Waals surface area contributed by atoms with Gasteiger partial charge >= 0.3 is 0 Å². The Balaban J connectivity index is 1.83. The maximum absolute atomic E-state index is 5.54. The Hall–Kier alpha value is -2.14. The number of nitrogens with one attached hydrogen (secondary N) is 1. The molecular weight excluding hydrogens is 272 g/mol. The van der Waals surface area contributed by atoms with Gasteiger partial charge in [-0.1, -0.05) is 30.3 Å².